The zero-order chi connectivity index (χ0) is 24.8. The summed E-state index contributed by atoms with van der Waals surface area (Å²) >= 11 is 12.2. The Morgan fingerprint density at radius 3 is 2.31 bits per heavy atom. The number of hydrogen-bond donors (Lipinski definition) is 1. The molecular formula is C27H27Cl2N5O. The molecule has 0 bridgehead atoms. The lowest BCUT2D eigenvalue weighted by molar-refractivity contribution is 0.157. The lowest BCUT2D eigenvalue weighted by Gasteiger charge is -2.34. The Balaban J connectivity index is 1.62. The molecule has 1 aliphatic heterocycles. The van der Waals surface area contributed by atoms with Crippen LogP contribution in [0.4, 0.5) is 16.2 Å². The largest absolute Gasteiger partial charge is 0.326 e. The molecule has 1 heterocycles. The highest BCUT2D eigenvalue weighted by Crippen LogP contribution is 2.29. The van der Waals surface area contributed by atoms with Crippen molar-refractivity contribution < 1.29 is 4.79 Å². The minimum atomic E-state index is -0.346. The zero-order valence-corrected chi connectivity index (χ0v) is 21.1. The SMILES string of the molecule is CN1CCN(CCN(C(=O)Nc2cc(Cl)cc(Cl)c2)c2ccc(-c3ccccc3)cc2C#N)CC1. The molecule has 1 fully saturated rings. The fraction of sp³-hybridized carbons (Fsp3) is 0.259. The van der Waals surface area contributed by atoms with Gasteiger partial charge in [-0.2, -0.15) is 5.26 Å². The van der Waals surface area contributed by atoms with E-state index in [4.69, 9.17) is 23.2 Å². The van der Waals surface area contributed by atoms with Crippen LogP contribution in [0.1, 0.15) is 5.56 Å². The first-order valence-electron chi connectivity index (χ1n) is 11.5. The van der Waals surface area contributed by atoms with Gasteiger partial charge < -0.3 is 10.2 Å². The van der Waals surface area contributed by atoms with E-state index in [2.05, 4.69) is 28.2 Å². The molecule has 3 aromatic carbocycles. The van der Waals surface area contributed by atoms with Gasteiger partial charge in [0, 0.05) is 55.0 Å². The van der Waals surface area contributed by atoms with Gasteiger partial charge in [0.25, 0.3) is 0 Å². The highest BCUT2D eigenvalue weighted by atomic mass is 35.5. The molecule has 4 rings (SSSR count). The second kappa shape index (κ2) is 11.6. The number of benzene rings is 3. The standard InChI is InChI=1S/C27H27Cl2N5O/c1-32-9-11-33(12-10-32)13-14-34(27(35)31-25-17-23(28)16-24(29)18-25)26-8-7-21(15-22(26)19-30)20-5-3-2-4-6-20/h2-8,15-18H,9-14H2,1H3,(H,31,35). The molecule has 0 saturated carbocycles. The molecule has 0 spiro atoms. The van der Waals surface area contributed by atoms with Gasteiger partial charge in [0.05, 0.1) is 11.3 Å². The zero-order valence-electron chi connectivity index (χ0n) is 19.5. The molecule has 0 aromatic heterocycles. The van der Waals surface area contributed by atoms with Crippen molar-refractivity contribution in [3.8, 4) is 17.2 Å². The summed E-state index contributed by atoms with van der Waals surface area (Å²) in [6.45, 7) is 4.98. The van der Waals surface area contributed by atoms with E-state index in [0.29, 0.717) is 40.1 Å². The second-order valence-electron chi connectivity index (χ2n) is 8.59. The number of anilines is 2. The van der Waals surface area contributed by atoms with Crippen molar-refractivity contribution >= 4 is 40.6 Å². The van der Waals surface area contributed by atoms with E-state index in [-0.39, 0.29) is 6.03 Å². The Hall–Kier alpha value is -3.08. The fourth-order valence-corrected chi connectivity index (χ4v) is 4.66. The third-order valence-corrected chi connectivity index (χ3v) is 6.55. The maximum absolute atomic E-state index is 13.5. The predicted molar refractivity (Wildman–Crippen MR) is 143 cm³/mol. The third-order valence-electron chi connectivity index (χ3n) is 6.11. The average Bonchev–Trinajstić information content (AvgIpc) is 2.85. The Morgan fingerprint density at radius 2 is 1.66 bits per heavy atom. The van der Waals surface area contributed by atoms with Crippen LogP contribution in [0.5, 0.6) is 0 Å². The van der Waals surface area contributed by atoms with Gasteiger partial charge >= 0.3 is 6.03 Å². The van der Waals surface area contributed by atoms with Crippen LogP contribution < -0.4 is 10.2 Å². The van der Waals surface area contributed by atoms with Crippen LogP contribution in [0.3, 0.4) is 0 Å². The summed E-state index contributed by atoms with van der Waals surface area (Å²) in [4.78, 5) is 19.7. The van der Waals surface area contributed by atoms with Crippen molar-refractivity contribution in [2.75, 3.05) is 56.5 Å². The molecule has 0 aliphatic carbocycles. The van der Waals surface area contributed by atoms with Gasteiger partial charge in [-0.15, -0.1) is 0 Å². The molecule has 1 aliphatic rings. The summed E-state index contributed by atoms with van der Waals surface area (Å²) in [5.41, 5.74) is 3.43. The highest BCUT2D eigenvalue weighted by Gasteiger charge is 2.22. The first kappa shape index (κ1) is 25.0. The van der Waals surface area contributed by atoms with Crippen molar-refractivity contribution in [2.45, 2.75) is 0 Å². The van der Waals surface area contributed by atoms with Crippen molar-refractivity contribution in [3.05, 3.63) is 82.3 Å². The summed E-state index contributed by atoms with van der Waals surface area (Å²) in [6, 6.07) is 22.3. The number of nitrogens with one attached hydrogen (secondary N) is 1. The van der Waals surface area contributed by atoms with Gasteiger partial charge in [-0.1, -0.05) is 59.6 Å². The van der Waals surface area contributed by atoms with Crippen LogP contribution in [0.25, 0.3) is 11.1 Å². The van der Waals surface area contributed by atoms with Crippen LogP contribution in [0, 0.1) is 11.3 Å². The minimum absolute atomic E-state index is 0.346. The van der Waals surface area contributed by atoms with Gasteiger partial charge in [-0.25, -0.2) is 4.79 Å². The Morgan fingerprint density at radius 1 is 0.971 bits per heavy atom. The molecule has 1 N–H and O–H groups in total. The maximum Gasteiger partial charge on any atom is 0.326 e. The maximum atomic E-state index is 13.5. The number of amides is 2. The summed E-state index contributed by atoms with van der Waals surface area (Å²) < 4.78 is 0. The van der Waals surface area contributed by atoms with Crippen LogP contribution >= 0.6 is 23.2 Å². The Kier molecular flexibility index (Phi) is 8.27. The van der Waals surface area contributed by atoms with Crippen molar-refractivity contribution in [1.29, 1.82) is 5.26 Å². The number of nitrogens with zero attached hydrogens (tertiary/aromatic N) is 4. The molecule has 0 unspecified atom stereocenters. The molecule has 0 radical (unpaired) electrons. The quantitative estimate of drug-likeness (QED) is 0.456. The molecule has 6 nitrogen and oxygen atoms in total. The number of halogens is 2. The van der Waals surface area contributed by atoms with E-state index < -0.39 is 0 Å². The van der Waals surface area contributed by atoms with E-state index in [1.165, 1.54) is 0 Å². The molecule has 8 heteroatoms. The van der Waals surface area contributed by atoms with Crippen LogP contribution in [-0.2, 0) is 0 Å². The Labute approximate surface area is 216 Å². The average molecular weight is 508 g/mol. The molecular weight excluding hydrogens is 481 g/mol. The summed E-state index contributed by atoms with van der Waals surface area (Å²) in [5, 5.41) is 13.7. The summed E-state index contributed by atoms with van der Waals surface area (Å²) in [6.07, 6.45) is 0. The van der Waals surface area contributed by atoms with Gasteiger partial charge in [0.2, 0.25) is 0 Å². The number of rotatable bonds is 6. The van der Waals surface area contributed by atoms with E-state index in [1.807, 2.05) is 48.5 Å². The number of carbonyl (C=O) groups is 1. The van der Waals surface area contributed by atoms with Gasteiger partial charge in [0.1, 0.15) is 6.07 Å². The number of nitriles is 1. The highest BCUT2D eigenvalue weighted by molar-refractivity contribution is 6.35. The normalized spacial score (nSPS) is 14.3. The number of carbonyl (C=O) groups excluding carboxylic acids is 1. The number of piperazine rings is 1. The van der Waals surface area contributed by atoms with Crippen molar-refractivity contribution in [1.82, 2.24) is 9.80 Å². The first-order valence-corrected chi connectivity index (χ1v) is 12.2. The Bertz CT molecular complexity index is 1200. The lowest BCUT2D eigenvalue weighted by Crippen LogP contribution is -2.48. The van der Waals surface area contributed by atoms with Gasteiger partial charge in [-0.3, -0.25) is 9.80 Å². The molecule has 2 amide bonds. The molecule has 3 aromatic rings. The molecule has 0 atom stereocenters. The van der Waals surface area contributed by atoms with Gasteiger partial charge in [0.15, 0.2) is 0 Å². The molecule has 1 saturated heterocycles. The molecule has 35 heavy (non-hydrogen) atoms. The van der Waals surface area contributed by atoms with E-state index in [1.54, 1.807) is 23.1 Å². The van der Waals surface area contributed by atoms with E-state index in [9.17, 15) is 10.1 Å². The monoisotopic (exact) mass is 507 g/mol. The fourth-order valence-electron chi connectivity index (χ4n) is 4.13. The van der Waals surface area contributed by atoms with Crippen molar-refractivity contribution in [2.24, 2.45) is 0 Å². The summed E-state index contributed by atoms with van der Waals surface area (Å²) in [5.74, 6) is 0. The van der Waals surface area contributed by atoms with Crippen molar-refractivity contribution in [3.63, 3.8) is 0 Å². The van der Waals surface area contributed by atoms with Crippen LogP contribution in [0.15, 0.2) is 66.7 Å². The molecule has 180 valence electrons. The first-order chi connectivity index (χ1) is 16.9. The van der Waals surface area contributed by atoms with E-state index in [0.717, 1.165) is 37.3 Å². The minimum Gasteiger partial charge on any atom is -0.307 e. The predicted octanol–water partition coefficient (Wildman–Crippen LogP) is 5.82. The van der Waals surface area contributed by atoms with Gasteiger partial charge in [-0.05, 0) is 48.5 Å². The second-order valence-corrected chi connectivity index (χ2v) is 9.47. The lowest BCUT2D eigenvalue weighted by atomic mass is 10.0. The van der Waals surface area contributed by atoms with Crippen LogP contribution in [0.2, 0.25) is 10.0 Å². The third kappa shape index (κ3) is 6.53. The number of urea groups is 1. The summed E-state index contributed by atoms with van der Waals surface area (Å²) in [7, 11) is 2.11. The van der Waals surface area contributed by atoms with E-state index >= 15 is 0 Å². The smallest absolute Gasteiger partial charge is 0.307 e. The number of hydrogen-bond acceptors (Lipinski definition) is 4. The topological polar surface area (TPSA) is 62.6 Å². The van der Waals surface area contributed by atoms with Crippen LogP contribution in [-0.4, -0.2) is 62.1 Å². The number of likely N-dealkylation sites (N-methyl/N-ethyl adjacent to an activating group) is 1.